The van der Waals surface area contributed by atoms with E-state index < -0.39 is 0 Å². The van der Waals surface area contributed by atoms with E-state index in [-0.39, 0.29) is 11.5 Å². The monoisotopic (exact) mass is 415 g/mol. The van der Waals surface area contributed by atoms with E-state index >= 15 is 0 Å². The van der Waals surface area contributed by atoms with Crippen LogP contribution in [-0.2, 0) is 17.6 Å². The average Bonchev–Trinajstić information content (AvgIpc) is 2.94. The van der Waals surface area contributed by atoms with Crippen molar-refractivity contribution in [2.24, 2.45) is 5.41 Å². The third-order valence-electron chi connectivity index (χ3n) is 6.07. The molecule has 26 heavy (non-hydrogen) atoms. The van der Waals surface area contributed by atoms with Gasteiger partial charge in [0, 0.05) is 23.0 Å². The van der Waals surface area contributed by atoms with E-state index in [9.17, 15) is 0 Å². The van der Waals surface area contributed by atoms with E-state index in [0.29, 0.717) is 6.04 Å². The van der Waals surface area contributed by atoms with Gasteiger partial charge in [0.25, 0.3) is 0 Å². The van der Waals surface area contributed by atoms with Gasteiger partial charge < -0.3 is 14.8 Å². The number of nitrogens with one attached hydrogen (secondary N) is 1. The van der Waals surface area contributed by atoms with Gasteiger partial charge in [0.05, 0.1) is 13.2 Å². The molecule has 1 fully saturated rings. The first kappa shape index (κ1) is 18.0. The Morgan fingerprint density at radius 3 is 2.69 bits per heavy atom. The third kappa shape index (κ3) is 3.30. The molecule has 0 aromatic heterocycles. The van der Waals surface area contributed by atoms with Crippen LogP contribution < -0.4 is 10.1 Å². The van der Waals surface area contributed by atoms with Crippen LogP contribution in [0.15, 0.2) is 46.9 Å². The summed E-state index contributed by atoms with van der Waals surface area (Å²) in [5, 5.41) is 3.74. The molecule has 0 amide bonds. The van der Waals surface area contributed by atoms with Crippen LogP contribution >= 0.6 is 15.9 Å². The summed E-state index contributed by atoms with van der Waals surface area (Å²) in [4.78, 5) is 0. The number of benzene rings is 2. The molecule has 1 spiro atoms. The Morgan fingerprint density at radius 1 is 1.15 bits per heavy atom. The Bertz CT molecular complexity index is 776. The lowest BCUT2D eigenvalue weighted by Crippen LogP contribution is -2.47. The second-order valence-corrected chi connectivity index (χ2v) is 8.57. The van der Waals surface area contributed by atoms with Gasteiger partial charge in [0.2, 0.25) is 0 Å². The van der Waals surface area contributed by atoms with E-state index in [1.165, 1.54) is 16.7 Å². The molecule has 1 aliphatic heterocycles. The highest BCUT2D eigenvalue weighted by atomic mass is 79.9. The summed E-state index contributed by atoms with van der Waals surface area (Å²) in [6, 6.07) is 15.6. The zero-order valence-corrected chi connectivity index (χ0v) is 17.0. The first-order valence-corrected chi connectivity index (χ1v) is 10.1. The van der Waals surface area contributed by atoms with Crippen LogP contribution in [0.2, 0.25) is 0 Å². The normalized spacial score (nSPS) is 27.5. The van der Waals surface area contributed by atoms with Crippen LogP contribution in [0.1, 0.15) is 35.6 Å². The fourth-order valence-corrected chi connectivity index (χ4v) is 5.19. The number of hydrogen-bond donors (Lipinski definition) is 1. The van der Waals surface area contributed by atoms with Crippen molar-refractivity contribution in [3.05, 3.63) is 63.6 Å². The predicted octanol–water partition coefficient (Wildman–Crippen LogP) is 4.68. The first-order chi connectivity index (χ1) is 12.6. The van der Waals surface area contributed by atoms with Crippen molar-refractivity contribution >= 4 is 15.9 Å². The molecule has 3 nitrogen and oxygen atoms in total. The Morgan fingerprint density at radius 2 is 1.96 bits per heavy atom. The van der Waals surface area contributed by atoms with Crippen LogP contribution in [0.5, 0.6) is 5.75 Å². The van der Waals surface area contributed by atoms with Gasteiger partial charge in [0.1, 0.15) is 5.75 Å². The summed E-state index contributed by atoms with van der Waals surface area (Å²) in [6.45, 7) is 1.05. The topological polar surface area (TPSA) is 30.5 Å². The Balaban J connectivity index is 1.56. The number of piperidine rings is 1. The second-order valence-electron chi connectivity index (χ2n) is 7.66. The molecule has 3 unspecified atom stereocenters. The molecule has 1 saturated heterocycles. The third-order valence-corrected chi connectivity index (χ3v) is 6.60. The van der Waals surface area contributed by atoms with Crippen molar-refractivity contribution in [2.75, 3.05) is 20.8 Å². The molecule has 2 aliphatic rings. The van der Waals surface area contributed by atoms with Crippen molar-refractivity contribution in [2.45, 2.75) is 37.8 Å². The zero-order chi connectivity index (χ0) is 18.1. The van der Waals surface area contributed by atoms with Crippen molar-refractivity contribution in [3.63, 3.8) is 0 Å². The van der Waals surface area contributed by atoms with Gasteiger partial charge in [-0.25, -0.2) is 0 Å². The Hall–Kier alpha value is -1.36. The summed E-state index contributed by atoms with van der Waals surface area (Å²) in [5.41, 5.74) is 4.31. The van der Waals surface area contributed by atoms with Gasteiger partial charge in [-0.15, -0.1) is 0 Å². The van der Waals surface area contributed by atoms with E-state index in [0.717, 1.165) is 42.5 Å². The number of ether oxygens (including phenoxy) is 2. The van der Waals surface area contributed by atoms with Crippen LogP contribution in [-0.4, -0.2) is 26.8 Å². The van der Waals surface area contributed by atoms with Crippen LogP contribution in [0, 0.1) is 5.41 Å². The molecule has 138 valence electrons. The minimum absolute atomic E-state index is 0.155. The fourth-order valence-electron chi connectivity index (χ4n) is 4.92. The molecule has 2 aromatic carbocycles. The van der Waals surface area contributed by atoms with E-state index in [1.807, 2.05) is 7.11 Å². The number of hydrogen-bond acceptors (Lipinski definition) is 3. The van der Waals surface area contributed by atoms with Crippen LogP contribution in [0.4, 0.5) is 0 Å². The summed E-state index contributed by atoms with van der Waals surface area (Å²) >= 11 is 3.52. The van der Waals surface area contributed by atoms with Crippen molar-refractivity contribution < 1.29 is 9.47 Å². The van der Waals surface area contributed by atoms with Crippen LogP contribution in [0.25, 0.3) is 0 Å². The van der Waals surface area contributed by atoms with E-state index in [2.05, 4.69) is 63.7 Å². The van der Waals surface area contributed by atoms with Gasteiger partial charge in [-0.2, -0.15) is 0 Å². The highest BCUT2D eigenvalue weighted by Gasteiger charge is 2.49. The smallest absolute Gasteiger partial charge is 0.119 e. The molecule has 1 aliphatic carbocycles. The molecule has 0 saturated carbocycles. The lowest BCUT2D eigenvalue weighted by Gasteiger charge is -2.42. The van der Waals surface area contributed by atoms with E-state index in [4.69, 9.17) is 9.47 Å². The maximum absolute atomic E-state index is 6.06. The Kier molecular flexibility index (Phi) is 5.09. The molecular weight excluding hydrogens is 390 g/mol. The van der Waals surface area contributed by atoms with Gasteiger partial charge in [-0.3, -0.25) is 0 Å². The lowest BCUT2D eigenvalue weighted by atomic mass is 9.71. The zero-order valence-electron chi connectivity index (χ0n) is 15.4. The van der Waals surface area contributed by atoms with Gasteiger partial charge in [-0.1, -0.05) is 34.1 Å². The van der Waals surface area contributed by atoms with Crippen molar-refractivity contribution in [3.8, 4) is 5.75 Å². The number of halogens is 1. The highest BCUT2D eigenvalue weighted by Crippen LogP contribution is 2.54. The summed E-state index contributed by atoms with van der Waals surface area (Å²) in [7, 11) is 3.58. The Labute approximate surface area is 164 Å². The van der Waals surface area contributed by atoms with Gasteiger partial charge >= 0.3 is 0 Å². The molecule has 3 atom stereocenters. The summed E-state index contributed by atoms with van der Waals surface area (Å²) < 4.78 is 12.6. The largest absolute Gasteiger partial charge is 0.497 e. The molecule has 4 heteroatoms. The molecular formula is C22H26BrNO2. The van der Waals surface area contributed by atoms with E-state index in [1.54, 1.807) is 7.11 Å². The maximum Gasteiger partial charge on any atom is 0.119 e. The second kappa shape index (κ2) is 7.34. The first-order valence-electron chi connectivity index (χ1n) is 9.31. The fraction of sp³-hybridized carbons (Fsp3) is 0.455. The summed E-state index contributed by atoms with van der Waals surface area (Å²) in [6.07, 6.45) is 4.61. The number of methoxy groups -OCH3 is 2. The van der Waals surface area contributed by atoms with Crippen molar-refractivity contribution in [1.29, 1.82) is 0 Å². The maximum atomic E-state index is 6.06. The van der Waals surface area contributed by atoms with Gasteiger partial charge in [0.15, 0.2) is 0 Å². The quantitative estimate of drug-likeness (QED) is 0.785. The lowest BCUT2D eigenvalue weighted by molar-refractivity contribution is -0.0290. The molecule has 4 rings (SSSR count). The highest BCUT2D eigenvalue weighted by molar-refractivity contribution is 9.10. The standard InChI is InChI=1S/C22H26BrNO2/c1-25-19-8-5-16-13-22(21(26-2)20(16)12-19)9-10-24-18(14-22)11-15-3-6-17(23)7-4-15/h3-8,12,18,21,24H,9-11,13-14H2,1-2H3. The number of fused-ring (bicyclic) bond motifs is 1. The minimum Gasteiger partial charge on any atom is -0.497 e. The molecule has 1 N–H and O–H groups in total. The SMILES string of the molecule is COc1ccc2c(c1)C(OC)C1(CCNC(Cc3ccc(Br)cc3)C1)C2. The summed E-state index contributed by atoms with van der Waals surface area (Å²) in [5.74, 6) is 0.920. The molecule has 1 heterocycles. The molecule has 0 radical (unpaired) electrons. The minimum atomic E-state index is 0.155. The van der Waals surface area contributed by atoms with Crippen molar-refractivity contribution in [1.82, 2.24) is 5.32 Å². The number of rotatable bonds is 4. The van der Waals surface area contributed by atoms with Gasteiger partial charge in [-0.05, 0) is 73.2 Å². The van der Waals surface area contributed by atoms with Crippen LogP contribution in [0.3, 0.4) is 0 Å². The predicted molar refractivity (Wildman–Crippen MR) is 108 cm³/mol. The molecule has 0 bridgehead atoms. The average molecular weight is 416 g/mol. The molecule has 2 aromatic rings.